The average molecular weight is 498 g/mol. The van der Waals surface area contributed by atoms with Gasteiger partial charge < -0.3 is 14.7 Å². The van der Waals surface area contributed by atoms with Gasteiger partial charge in [0.05, 0.1) is 11.9 Å². The maximum Gasteiger partial charge on any atom is 0.274 e. The second-order valence-corrected chi connectivity index (χ2v) is 10.6. The Kier molecular flexibility index (Phi) is 9.93. The predicted octanol–water partition coefficient (Wildman–Crippen LogP) is 4.70. The summed E-state index contributed by atoms with van der Waals surface area (Å²) in [5, 5.41) is 0. The number of hydrogen-bond donors (Lipinski definition) is 0. The van der Waals surface area contributed by atoms with Crippen LogP contribution in [0.1, 0.15) is 68.7 Å². The van der Waals surface area contributed by atoms with Crippen LogP contribution >= 0.6 is 0 Å². The number of aromatic nitrogens is 2. The Balaban J connectivity index is 2.00. The number of fused-ring (bicyclic) bond motifs is 1. The van der Waals surface area contributed by atoms with Gasteiger partial charge in [0.25, 0.3) is 5.91 Å². The van der Waals surface area contributed by atoms with Gasteiger partial charge in [-0.25, -0.2) is 9.37 Å². The highest BCUT2D eigenvalue weighted by molar-refractivity contribution is 5.95. The standard InChI is InChI=1S/C28H40FN5O2/c1-20(2)14-27(35)34-13-7-11-32(18-21(3)4)10-6-12-33(19-23-15-24(29)8-9-26(23)34)28(36)25-17-30-22(5)16-31-25/h8-9,15-17,20-21H,6-7,10-14,18-19H2,1-5H3. The van der Waals surface area contributed by atoms with Crippen molar-refractivity contribution >= 4 is 17.5 Å². The van der Waals surface area contributed by atoms with Gasteiger partial charge in [0.2, 0.25) is 5.91 Å². The number of rotatable bonds is 5. The van der Waals surface area contributed by atoms with E-state index in [4.69, 9.17) is 0 Å². The molecule has 1 aliphatic rings. The van der Waals surface area contributed by atoms with Crippen molar-refractivity contribution in [3.05, 3.63) is 53.4 Å². The molecule has 196 valence electrons. The number of carbonyl (C=O) groups is 2. The van der Waals surface area contributed by atoms with Crippen LogP contribution in [0.4, 0.5) is 10.1 Å². The molecule has 2 heterocycles. The van der Waals surface area contributed by atoms with Crippen molar-refractivity contribution in [3.8, 4) is 0 Å². The highest BCUT2D eigenvalue weighted by atomic mass is 19.1. The molecule has 0 N–H and O–H groups in total. The summed E-state index contributed by atoms with van der Waals surface area (Å²) in [5.74, 6) is 0.111. The lowest BCUT2D eigenvalue weighted by molar-refractivity contribution is -0.119. The smallest absolute Gasteiger partial charge is 0.274 e. The SMILES string of the molecule is Cc1cnc(C(=O)N2CCCN(CC(C)C)CCCN(C(=O)CC(C)C)c3ccc(F)cc3C2)cn1. The summed E-state index contributed by atoms with van der Waals surface area (Å²) in [6, 6.07) is 4.51. The van der Waals surface area contributed by atoms with Gasteiger partial charge in [-0.05, 0) is 68.5 Å². The van der Waals surface area contributed by atoms with Crippen molar-refractivity contribution in [1.29, 1.82) is 0 Å². The summed E-state index contributed by atoms with van der Waals surface area (Å²) in [6.45, 7) is 14.2. The fraction of sp³-hybridized carbons (Fsp3) is 0.571. The first-order valence-corrected chi connectivity index (χ1v) is 13.0. The van der Waals surface area contributed by atoms with Crippen LogP contribution < -0.4 is 4.90 Å². The minimum Gasteiger partial charge on any atom is -0.333 e. The molecule has 2 aromatic rings. The van der Waals surface area contributed by atoms with E-state index in [2.05, 4.69) is 28.7 Å². The number of carbonyl (C=O) groups excluding carboxylic acids is 2. The zero-order valence-electron chi connectivity index (χ0n) is 22.3. The molecule has 3 rings (SSSR count). The molecule has 36 heavy (non-hydrogen) atoms. The van der Waals surface area contributed by atoms with Gasteiger partial charge in [0.1, 0.15) is 11.5 Å². The quantitative estimate of drug-likeness (QED) is 0.599. The molecule has 7 nitrogen and oxygen atoms in total. The first kappa shape index (κ1) is 27.7. The van der Waals surface area contributed by atoms with Gasteiger partial charge in [-0.1, -0.05) is 27.7 Å². The van der Waals surface area contributed by atoms with Crippen LogP contribution in [0.2, 0.25) is 0 Å². The molecule has 0 aliphatic carbocycles. The van der Waals surface area contributed by atoms with Crippen molar-refractivity contribution in [2.45, 2.75) is 60.4 Å². The Morgan fingerprint density at radius 3 is 2.33 bits per heavy atom. The van der Waals surface area contributed by atoms with E-state index in [1.54, 1.807) is 22.1 Å². The number of benzene rings is 1. The number of halogens is 1. The molecule has 2 amide bonds. The average Bonchev–Trinajstić information content (AvgIpc) is 2.80. The molecule has 0 spiro atoms. The molecule has 0 fully saturated rings. The molecule has 0 unspecified atom stereocenters. The Bertz CT molecular complexity index is 1030. The van der Waals surface area contributed by atoms with Crippen LogP contribution in [-0.4, -0.2) is 64.3 Å². The lowest BCUT2D eigenvalue weighted by Gasteiger charge is -2.32. The highest BCUT2D eigenvalue weighted by Gasteiger charge is 2.25. The van der Waals surface area contributed by atoms with Crippen LogP contribution in [0.15, 0.2) is 30.6 Å². The van der Waals surface area contributed by atoms with E-state index in [1.807, 2.05) is 20.8 Å². The van der Waals surface area contributed by atoms with E-state index >= 15 is 0 Å². The number of aryl methyl sites for hydroxylation is 1. The number of amides is 2. The van der Waals surface area contributed by atoms with Crippen LogP contribution in [0.5, 0.6) is 0 Å². The monoisotopic (exact) mass is 497 g/mol. The van der Waals surface area contributed by atoms with Gasteiger partial charge in [-0.3, -0.25) is 14.6 Å². The van der Waals surface area contributed by atoms with Gasteiger partial charge in [0, 0.05) is 44.5 Å². The third-order valence-electron chi connectivity index (χ3n) is 6.25. The van der Waals surface area contributed by atoms with E-state index < -0.39 is 0 Å². The van der Waals surface area contributed by atoms with Crippen LogP contribution in [-0.2, 0) is 11.3 Å². The lowest BCUT2D eigenvalue weighted by Crippen LogP contribution is -2.40. The maximum atomic E-state index is 14.4. The largest absolute Gasteiger partial charge is 0.333 e. The van der Waals surface area contributed by atoms with Crippen LogP contribution in [0.3, 0.4) is 0 Å². The number of nitrogens with zero attached hydrogens (tertiary/aromatic N) is 5. The maximum absolute atomic E-state index is 14.4. The predicted molar refractivity (Wildman–Crippen MR) is 140 cm³/mol. The first-order valence-electron chi connectivity index (χ1n) is 13.0. The van der Waals surface area contributed by atoms with Gasteiger partial charge in [0.15, 0.2) is 0 Å². The van der Waals surface area contributed by atoms with Crippen molar-refractivity contribution in [1.82, 2.24) is 19.8 Å². The normalized spacial score (nSPS) is 16.0. The minimum atomic E-state index is -0.386. The summed E-state index contributed by atoms with van der Waals surface area (Å²) >= 11 is 0. The summed E-state index contributed by atoms with van der Waals surface area (Å²) in [4.78, 5) is 41.2. The zero-order valence-corrected chi connectivity index (χ0v) is 22.3. The summed E-state index contributed by atoms with van der Waals surface area (Å²) in [7, 11) is 0. The van der Waals surface area contributed by atoms with Gasteiger partial charge in [-0.2, -0.15) is 0 Å². The first-order chi connectivity index (χ1) is 17.1. The van der Waals surface area contributed by atoms with E-state index in [0.29, 0.717) is 36.7 Å². The highest BCUT2D eigenvalue weighted by Crippen LogP contribution is 2.26. The minimum absolute atomic E-state index is 0.0209. The van der Waals surface area contributed by atoms with Crippen molar-refractivity contribution in [2.24, 2.45) is 11.8 Å². The summed E-state index contributed by atoms with van der Waals surface area (Å²) in [6.07, 6.45) is 5.10. The molecule has 1 aliphatic heterocycles. The third kappa shape index (κ3) is 7.82. The molecule has 1 aromatic carbocycles. The Hall–Kier alpha value is -2.87. The van der Waals surface area contributed by atoms with Crippen LogP contribution in [0.25, 0.3) is 0 Å². The van der Waals surface area contributed by atoms with Crippen molar-refractivity contribution in [2.75, 3.05) is 37.6 Å². The number of anilines is 1. The topological polar surface area (TPSA) is 69.6 Å². The zero-order chi connectivity index (χ0) is 26.2. The Morgan fingerprint density at radius 1 is 0.972 bits per heavy atom. The fourth-order valence-corrected chi connectivity index (χ4v) is 4.65. The van der Waals surface area contributed by atoms with Crippen molar-refractivity contribution < 1.29 is 14.0 Å². The second-order valence-electron chi connectivity index (χ2n) is 10.6. The molecular weight excluding hydrogens is 457 g/mol. The molecule has 0 bridgehead atoms. The Morgan fingerprint density at radius 2 is 1.69 bits per heavy atom. The van der Waals surface area contributed by atoms with E-state index in [-0.39, 0.29) is 35.8 Å². The number of hydrogen-bond acceptors (Lipinski definition) is 5. The Labute approximate surface area is 214 Å². The van der Waals surface area contributed by atoms with Gasteiger partial charge in [-0.15, -0.1) is 0 Å². The molecule has 8 heteroatoms. The van der Waals surface area contributed by atoms with E-state index in [9.17, 15) is 14.0 Å². The van der Waals surface area contributed by atoms with E-state index in [1.165, 1.54) is 18.3 Å². The lowest BCUT2D eigenvalue weighted by atomic mass is 10.1. The molecule has 0 radical (unpaired) electrons. The molecular formula is C28H40FN5O2. The van der Waals surface area contributed by atoms with Gasteiger partial charge >= 0.3 is 0 Å². The fourth-order valence-electron chi connectivity index (χ4n) is 4.65. The third-order valence-corrected chi connectivity index (χ3v) is 6.25. The van der Waals surface area contributed by atoms with Crippen LogP contribution in [0, 0.1) is 24.6 Å². The molecule has 0 saturated carbocycles. The summed E-state index contributed by atoms with van der Waals surface area (Å²) < 4.78 is 14.4. The molecule has 0 saturated heterocycles. The second kappa shape index (κ2) is 12.9. The van der Waals surface area contributed by atoms with Crippen molar-refractivity contribution in [3.63, 3.8) is 0 Å². The summed E-state index contributed by atoms with van der Waals surface area (Å²) in [5.41, 5.74) is 2.29. The van der Waals surface area contributed by atoms with E-state index in [0.717, 1.165) is 38.2 Å². The molecule has 0 atom stereocenters. The molecule has 1 aromatic heterocycles.